The molecule has 7 heteroatoms. The molecule has 2 rings (SSSR count). The highest BCUT2D eigenvalue weighted by molar-refractivity contribution is 7.09. The van der Waals surface area contributed by atoms with Crippen LogP contribution in [0.1, 0.15) is 84.3 Å². The summed E-state index contributed by atoms with van der Waals surface area (Å²) in [6, 6.07) is 0. The number of hydrogen-bond donors (Lipinski definition) is 2. The van der Waals surface area contributed by atoms with Crippen molar-refractivity contribution in [1.29, 1.82) is 0 Å². The zero-order chi connectivity index (χ0) is 25.6. The van der Waals surface area contributed by atoms with Gasteiger partial charge in [-0.25, -0.2) is 4.98 Å². The molecule has 34 heavy (non-hydrogen) atoms. The smallest absolute Gasteiger partial charge is 0.309 e. The predicted octanol–water partition coefficient (Wildman–Crippen LogP) is 5.27. The summed E-state index contributed by atoms with van der Waals surface area (Å²) in [5.74, 6) is -1.49. The van der Waals surface area contributed by atoms with E-state index in [4.69, 9.17) is 4.74 Å². The Morgan fingerprint density at radius 2 is 1.91 bits per heavy atom. The van der Waals surface area contributed by atoms with Gasteiger partial charge in [-0.3, -0.25) is 9.59 Å². The van der Waals surface area contributed by atoms with Crippen molar-refractivity contribution in [3.8, 4) is 0 Å². The maximum absolute atomic E-state index is 13.2. The molecule has 2 N–H and O–H groups in total. The number of allylic oxidation sites excluding steroid dienone is 1. The van der Waals surface area contributed by atoms with Crippen molar-refractivity contribution >= 4 is 29.2 Å². The van der Waals surface area contributed by atoms with Gasteiger partial charge in [-0.15, -0.1) is 11.3 Å². The van der Waals surface area contributed by atoms with Gasteiger partial charge in [0.25, 0.3) is 0 Å². The molecule has 0 fully saturated rings. The lowest BCUT2D eigenvalue weighted by atomic mass is 9.73. The second kappa shape index (κ2) is 12.2. The fraction of sp³-hybridized carbons (Fsp3) is 0.667. The maximum atomic E-state index is 13.2. The quantitative estimate of drug-likeness (QED) is 0.432. The minimum absolute atomic E-state index is 0.0444. The number of cyclic esters (lactones) is 1. The number of aliphatic hydroxyl groups excluding tert-OH is 2. The lowest BCUT2D eigenvalue weighted by Crippen LogP contribution is -2.45. The summed E-state index contributed by atoms with van der Waals surface area (Å²) in [6.07, 6.45) is 4.33. The van der Waals surface area contributed by atoms with Crippen LogP contribution in [0.4, 0.5) is 0 Å². The topological polar surface area (TPSA) is 96.7 Å². The zero-order valence-electron chi connectivity index (χ0n) is 21.6. The van der Waals surface area contributed by atoms with Crippen molar-refractivity contribution < 1.29 is 24.5 Å². The number of aliphatic hydroxyl groups is 2. The third-order valence-electron chi connectivity index (χ3n) is 7.04. The minimum Gasteiger partial charge on any atom is -0.457 e. The van der Waals surface area contributed by atoms with Crippen LogP contribution >= 0.6 is 11.3 Å². The highest BCUT2D eigenvalue weighted by Gasteiger charge is 2.42. The largest absolute Gasteiger partial charge is 0.457 e. The number of hydrogen-bond acceptors (Lipinski definition) is 7. The van der Waals surface area contributed by atoms with E-state index in [1.165, 1.54) is 5.57 Å². The van der Waals surface area contributed by atoms with Gasteiger partial charge >= 0.3 is 5.97 Å². The lowest BCUT2D eigenvalue weighted by Gasteiger charge is -2.34. The van der Waals surface area contributed by atoms with Crippen molar-refractivity contribution in [2.45, 2.75) is 98.9 Å². The molecule has 1 aromatic heterocycles. The first-order chi connectivity index (χ1) is 15.8. The van der Waals surface area contributed by atoms with Gasteiger partial charge in [-0.05, 0) is 57.6 Å². The molecular formula is C27H41NO5S. The number of rotatable bonds is 2. The van der Waals surface area contributed by atoms with Crippen molar-refractivity contribution in [1.82, 2.24) is 4.98 Å². The Balaban J connectivity index is 2.33. The number of ketones is 1. The molecule has 0 unspecified atom stereocenters. The molecule has 0 amide bonds. The molecule has 190 valence electrons. The molecule has 0 aliphatic carbocycles. The van der Waals surface area contributed by atoms with Crippen LogP contribution in [-0.4, -0.2) is 45.3 Å². The van der Waals surface area contributed by atoms with E-state index >= 15 is 0 Å². The van der Waals surface area contributed by atoms with E-state index in [0.29, 0.717) is 6.42 Å². The van der Waals surface area contributed by atoms with Crippen LogP contribution < -0.4 is 0 Å². The molecule has 0 bridgehead atoms. The number of esters is 1. The Hall–Kier alpha value is -1.83. The molecule has 6 nitrogen and oxygen atoms in total. The highest BCUT2D eigenvalue weighted by atomic mass is 32.1. The summed E-state index contributed by atoms with van der Waals surface area (Å²) >= 11 is 1.56. The number of nitrogens with zero attached hydrogens (tertiary/aromatic N) is 1. The molecule has 0 saturated carbocycles. The number of aromatic nitrogens is 1. The average Bonchev–Trinajstić information content (AvgIpc) is 3.18. The molecule has 5 atom stereocenters. The number of carbonyl (C=O) groups is 2. The molecule has 0 spiro atoms. The van der Waals surface area contributed by atoms with E-state index in [9.17, 15) is 19.8 Å². The fourth-order valence-corrected chi connectivity index (χ4v) is 4.97. The monoisotopic (exact) mass is 491 g/mol. The van der Waals surface area contributed by atoms with Gasteiger partial charge in [0.1, 0.15) is 11.9 Å². The zero-order valence-corrected chi connectivity index (χ0v) is 22.4. The third kappa shape index (κ3) is 7.59. The Bertz CT molecular complexity index is 916. The van der Waals surface area contributed by atoms with Gasteiger partial charge in [0.05, 0.1) is 34.7 Å². The second-order valence-corrected chi connectivity index (χ2v) is 11.5. The van der Waals surface area contributed by atoms with E-state index in [1.807, 2.05) is 32.2 Å². The Morgan fingerprint density at radius 3 is 2.53 bits per heavy atom. The van der Waals surface area contributed by atoms with Crippen molar-refractivity contribution in [2.75, 3.05) is 0 Å². The Kier molecular flexibility index (Phi) is 10.2. The summed E-state index contributed by atoms with van der Waals surface area (Å²) < 4.78 is 5.81. The van der Waals surface area contributed by atoms with E-state index < -0.39 is 35.6 Å². The molecule has 2 heterocycles. The first-order valence-corrected chi connectivity index (χ1v) is 13.1. The average molecular weight is 492 g/mol. The third-order valence-corrected chi connectivity index (χ3v) is 7.83. The summed E-state index contributed by atoms with van der Waals surface area (Å²) in [5, 5.41) is 24.5. The first kappa shape index (κ1) is 28.4. The molecule has 1 aliphatic rings. The Labute approximate surface area is 208 Å². The normalized spacial score (nSPS) is 30.6. The van der Waals surface area contributed by atoms with Crippen LogP contribution in [0.25, 0.3) is 6.08 Å². The summed E-state index contributed by atoms with van der Waals surface area (Å²) in [6.45, 7) is 12.8. The van der Waals surface area contributed by atoms with E-state index in [2.05, 4.69) is 18.0 Å². The van der Waals surface area contributed by atoms with Crippen LogP contribution in [0.5, 0.6) is 0 Å². The Morgan fingerprint density at radius 1 is 1.24 bits per heavy atom. The van der Waals surface area contributed by atoms with E-state index in [0.717, 1.165) is 35.5 Å². The number of Topliss-reactive ketones (excluding diaryl/α,β-unsaturated/α-hetero) is 1. The molecule has 0 radical (unpaired) electrons. The molecule has 1 aliphatic heterocycles. The number of carbonyl (C=O) groups excluding carboxylic acids is 2. The maximum Gasteiger partial charge on any atom is 0.309 e. The minimum atomic E-state index is -1.21. The van der Waals surface area contributed by atoms with Gasteiger partial charge in [0.2, 0.25) is 0 Å². The molecular weight excluding hydrogens is 450 g/mol. The summed E-state index contributed by atoms with van der Waals surface area (Å²) in [5.41, 5.74) is 1.71. The van der Waals surface area contributed by atoms with Gasteiger partial charge in [0.15, 0.2) is 0 Å². The first-order valence-electron chi connectivity index (χ1n) is 12.2. The van der Waals surface area contributed by atoms with Gasteiger partial charge in [0, 0.05) is 17.7 Å². The van der Waals surface area contributed by atoms with Crippen molar-refractivity contribution in [3.63, 3.8) is 0 Å². The predicted molar refractivity (Wildman–Crippen MR) is 136 cm³/mol. The second-order valence-electron chi connectivity index (χ2n) is 10.4. The van der Waals surface area contributed by atoms with E-state index in [1.54, 1.807) is 32.1 Å². The number of thiazole rings is 1. The van der Waals surface area contributed by atoms with E-state index in [-0.39, 0.29) is 18.1 Å². The standard InChI is InChI=1S/C27H41NO5S/c1-16-9-8-10-17(2)25(31)19(4)26(32)27(6,7)23(29)14-24(30)33-22(12-11-16)18(3)13-21-15-34-20(5)28-21/h11,13,15,17,19,22-23,25,29,31H,8-10,12,14H2,1-7H3/t17-,19+,22-,23-,25-/m0/s1. The molecule has 1 aromatic rings. The number of aryl methyl sites for hydroxylation is 1. The van der Waals surface area contributed by atoms with Gasteiger partial charge < -0.3 is 14.9 Å². The fourth-order valence-electron chi connectivity index (χ4n) is 4.40. The SMILES string of the molecule is CC1=CC[C@@H](C(C)=Cc2csc(C)n2)OC(=O)C[C@H](O)C(C)(C)C(=O)[C@H](C)[C@@H](O)[C@@H](C)CCC1. The van der Waals surface area contributed by atoms with Crippen LogP contribution in [0.2, 0.25) is 0 Å². The molecule has 0 saturated heterocycles. The van der Waals surface area contributed by atoms with Crippen molar-refractivity contribution in [2.24, 2.45) is 17.3 Å². The lowest BCUT2D eigenvalue weighted by molar-refractivity contribution is -0.154. The van der Waals surface area contributed by atoms with Gasteiger partial charge in [-0.2, -0.15) is 0 Å². The van der Waals surface area contributed by atoms with Crippen LogP contribution in [-0.2, 0) is 14.3 Å². The number of ether oxygens (including phenoxy) is 1. The van der Waals surface area contributed by atoms with Crippen LogP contribution in [0, 0.1) is 24.2 Å². The summed E-state index contributed by atoms with van der Waals surface area (Å²) in [4.78, 5) is 30.5. The molecule has 0 aromatic carbocycles. The van der Waals surface area contributed by atoms with Gasteiger partial charge in [-0.1, -0.05) is 39.3 Å². The highest BCUT2D eigenvalue weighted by Crippen LogP contribution is 2.32. The van der Waals surface area contributed by atoms with Crippen molar-refractivity contribution in [3.05, 3.63) is 33.3 Å². The van der Waals surface area contributed by atoms with Crippen LogP contribution in [0.3, 0.4) is 0 Å². The van der Waals surface area contributed by atoms with Crippen LogP contribution in [0.15, 0.2) is 22.6 Å². The summed E-state index contributed by atoms with van der Waals surface area (Å²) in [7, 11) is 0.